The van der Waals surface area contributed by atoms with Crippen LogP contribution in [0.3, 0.4) is 0 Å². The molecule has 12 N–H and O–H groups in total. The van der Waals surface area contributed by atoms with E-state index in [9.17, 15) is 57.8 Å². The summed E-state index contributed by atoms with van der Waals surface area (Å²) in [5.74, 6) is 7.44. The highest BCUT2D eigenvalue weighted by molar-refractivity contribution is 5.92. The predicted molar refractivity (Wildman–Crippen MR) is 515 cm³/mol. The number of aromatic nitrogens is 12. The average molecular weight is 1870 g/mol. The van der Waals surface area contributed by atoms with Gasteiger partial charge in [-0.2, -0.15) is 19.9 Å². The lowest BCUT2D eigenvalue weighted by molar-refractivity contribution is -0.137. The molecule has 7 aromatic rings. The van der Waals surface area contributed by atoms with Crippen molar-refractivity contribution in [3.05, 3.63) is 127 Å². The monoisotopic (exact) mass is 1870 g/mol. The van der Waals surface area contributed by atoms with Crippen LogP contribution in [0.25, 0.3) is 4.85 Å². The summed E-state index contributed by atoms with van der Waals surface area (Å²) in [6.45, 7) is 46.1. The molecule has 1 aliphatic carbocycles. The number of rotatable bonds is 41. The van der Waals surface area contributed by atoms with Crippen LogP contribution in [0.1, 0.15) is 284 Å². The minimum Gasteiger partial charge on any atom is -0.481 e. The molecular formula is C95H151N23O16. The fourth-order valence-electron chi connectivity index (χ4n) is 10.9. The second kappa shape index (κ2) is 70.1. The van der Waals surface area contributed by atoms with Gasteiger partial charge in [-0.15, -0.1) is 6.57 Å². The molecule has 9 rings (SSSR count). The number of hydrogen-bond acceptors (Lipinski definition) is 27. The van der Waals surface area contributed by atoms with Crippen LogP contribution in [-0.4, -0.2) is 168 Å². The summed E-state index contributed by atoms with van der Waals surface area (Å²) in [7, 11) is 3.03. The molecule has 0 radical (unpaired) electrons. The molecule has 0 aromatic carbocycles. The van der Waals surface area contributed by atoms with E-state index in [1.165, 1.54) is 70.3 Å². The Kier molecular flexibility index (Phi) is 62.5. The number of methoxy groups -OCH3 is 2. The molecule has 0 spiro atoms. The molecular weight excluding hydrogens is 1720 g/mol. The van der Waals surface area contributed by atoms with Gasteiger partial charge in [-0.05, 0) is 143 Å². The van der Waals surface area contributed by atoms with E-state index < -0.39 is 5.60 Å². The molecule has 1 atom stereocenters. The number of hydrogen-bond donors (Lipinski definition) is 11. The predicted octanol–water partition coefficient (Wildman–Crippen LogP) is 14.9. The number of likely N-dealkylation sites (tertiary alicyclic amines) is 1. The lowest BCUT2D eigenvalue weighted by Gasteiger charge is -2.36. The first kappa shape index (κ1) is 119. The third kappa shape index (κ3) is 63.4. The van der Waals surface area contributed by atoms with Gasteiger partial charge in [0, 0.05) is 95.4 Å². The first-order valence-corrected chi connectivity index (χ1v) is 46.1. The molecule has 39 nitrogen and oxygen atoms in total. The highest BCUT2D eigenvalue weighted by Gasteiger charge is 2.35. The van der Waals surface area contributed by atoms with Crippen LogP contribution in [0.5, 0.6) is 11.8 Å². The quantitative estimate of drug-likeness (QED) is 0.0159. The van der Waals surface area contributed by atoms with Gasteiger partial charge in [0.05, 0.1) is 75.8 Å². The SMILES string of the molecule is CC(C)CCC(=O)N1CCCC1C(N)=O.CC(C)CCC(=O)NCC1(O)CCC1.CC(C)CCC(=O)NCc1cnco1.CC(C)CCC(=O)NCc1ncco1.CC(C)CCC(=O)Nc1cncnc1.CC(C)CCC(=O)Nc1nccc(=O)[nH]1.COc1ccnc(NC(=O)CCC(C)C)n1.COc1cncc(NC(=O)CCC(C)C)n1.[C-]#[N+]c1ncc(NC(=O)CCC(C)C)cn1. The van der Waals surface area contributed by atoms with E-state index in [1.807, 2.05) is 0 Å². The van der Waals surface area contributed by atoms with Crippen molar-refractivity contribution in [2.24, 2.45) is 59.0 Å². The van der Waals surface area contributed by atoms with Crippen molar-refractivity contribution >= 4 is 94.1 Å². The van der Waals surface area contributed by atoms with Crippen LogP contribution in [0.2, 0.25) is 0 Å². The zero-order valence-corrected chi connectivity index (χ0v) is 82.5. The molecule has 1 saturated carbocycles. The summed E-state index contributed by atoms with van der Waals surface area (Å²) in [6.07, 6.45) is 36.4. The Balaban J connectivity index is 0.000000754. The number of H-pyrrole nitrogens is 1. The summed E-state index contributed by atoms with van der Waals surface area (Å²) < 4.78 is 19.8. The maximum Gasteiger partial charge on any atom is 0.371 e. The Morgan fingerprint density at radius 2 is 0.948 bits per heavy atom. The number of primary amides is 1. The molecule has 2 fully saturated rings. The normalized spacial score (nSPS) is 12.4. The van der Waals surface area contributed by atoms with Crippen molar-refractivity contribution in [2.75, 3.05) is 53.9 Å². The number of carbonyl (C=O) groups excluding carboxylic acids is 10. The lowest BCUT2D eigenvalue weighted by Crippen LogP contribution is -2.47. The molecule has 7 aromatic heterocycles. The van der Waals surface area contributed by atoms with Crippen LogP contribution >= 0.6 is 0 Å². The number of nitrogens with zero attached hydrogens (tertiary/aromatic N) is 13. The van der Waals surface area contributed by atoms with E-state index in [2.05, 4.69) is 232 Å². The highest BCUT2D eigenvalue weighted by atomic mass is 16.5. The minimum atomic E-state index is -0.590. The molecule has 39 heteroatoms. The Labute approximate surface area is 790 Å². The van der Waals surface area contributed by atoms with Gasteiger partial charge >= 0.3 is 5.95 Å². The van der Waals surface area contributed by atoms with Crippen molar-refractivity contribution in [1.29, 1.82) is 0 Å². The molecule has 742 valence electrons. The van der Waals surface area contributed by atoms with E-state index >= 15 is 0 Å². The van der Waals surface area contributed by atoms with E-state index in [1.54, 1.807) is 42.0 Å². The second-order valence-corrected chi connectivity index (χ2v) is 35.7. The summed E-state index contributed by atoms with van der Waals surface area (Å²) in [5, 5.41) is 31.3. The van der Waals surface area contributed by atoms with Gasteiger partial charge in [0.2, 0.25) is 88.6 Å². The number of ether oxygens (including phenoxy) is 2. The molecule has 134 heavy (non-hydrogen) atoms. The van der Waals surface area contributed by atoms with Crippen molar-refractivity contribution in [3.8, 4) is 11.8 Å². The van der Waals surface area contributed by atoms with Gasteiger partial charge in [0.15, 0.2) is 12.2 Å². The Bertz CT molecular complexity index is 4410. The summed E-state index contributed by atoms with van der Waals surface area (Å²) in [6, 6.07) is 2.57. The number of oxazole rings is 2. The van der Waals surface area contributed by atoms with Crippen LogP contribution in [-0.2, 0) is 61.0 Å². The molecule has 1 aliphatic heterocycles. The number of anilines is 5. The third-order valence-corrected chi connectivity index (χ3v) is 19.2. The van der Waals surface area contributed by atoms with Crippen LogP contribution in [0.4, 0.5) is 35.0 Å². The number of amides is 10. The smallest absolute Gasteiger partial charge is 0.371 e. The van der Waals surface area contributed by atoms with Gasteiger partial charge in [0.25, 0.3) is 5.56 Å². The first-order valence-electron chi connectivity index (χ1n) is 46.1. The fraction of sp³-hybridized carbons (Fsp3) is 0.611. The zero-order chi connectivity index (χ0) is 100. The largest absolute Gasteiger partial charge is 0.481 e. The summed E-state index contributed by atoms with van der Waals surface area (Å²) in [5.41, 5.74) is 5.57. The molecule has 10 amide bonds. The van der Waals surface area contributed by atoms with Crippen molar-refractivity contribution in [1.82, 2.24) is 80.7 Å². The number of aromatic amines is 1. The maximum atomic E-state index is 11.8. The van der Waals surface area contributed by atoms with Crippen LogP contribution in [0.15, 0.2) is 107 Å². The topological polar surface area (TPSA) is 540 Å². The Hall–Kier alpha value is -12.6. The Morgan fingerprint density at radius 1 is 0.493 bits per heavy atom. The zero-order valence-electron chi connectivity index (χ0n) is 82.5. The fourth-order valence-corrected chi connectivity index (χ4v) is 10.9. The van der Waals surface area contributed by atoms with Gasteiger partial charge < -0.3 is 70.8 Å². The lowest BCUT2D eigenvalue weighted by atomic mass is 9.80. The minimum absolute atomic E-state index is 0.0218. The van der Waals surface area contributed by atoms with Crippen molar-refractivity contribution in [3.63, 3.8) is 0 Å². The van der Waals surface area contributed by atoms with Crippen molar-refractivity contribution < 1.29 is 71.4 Å². The van der Waals surface area contributed by atoms with Crippen LogP contribution in [0, 0.1) is 59.8 Å². The maximum absolute atomic E-state index is 11.8. The van der Waals surface area contributed by atoms with Gasteiger partial charge in [-0.3, -0.25) is 73.3 Å². The van der Waals surface area contributed by atoms with E-state index in [0.29, 0.717) is 178 Å². The summed E-state index contributed by atoms with van der Waals surface area (Å²) in [4.78, 5) is 174. The van der Waals surface area contributed by atoms with E-state index in [4.69, 9.17) is 30.6 Å². The van der Waals surface area contributed by atoms with Crippen molar-refractivity contribution in [2.45, 2.75) is 297 Å². The Morgan fingerprint density at radius 3 is 1.39 bits per heavy atom. The molecule has 8 heterocycles. The number of nitrogens with two attached hydrogens (primary N) is 1. The average Bonchev–Trinajstić information content (AvgIpc) is 1.22. The number of carbonyl (C=O) groups is 10. The van der Waals surface area contributed by atoms with Crippen LogP contribution < -0.4 is 63.3 Å². The molecule has 0 bridgehead atoms. The third-order valence-electron chi connectivity index (χ3n) is 19.2. The van der Waals surface area contributed by atoms with E-state index in [0.717, 1.165) is 89.9 Å². The second-order valence-electron chi connectivity index (χ2n) is 35.7. The summed E-state index contributed by atoms with van der Waals surface area (Å²) >= 11 is 0. The standard InChI is InChI=1S/C11H14N4O.2C11H17N3O2.C11H20N2O2.C11H21NO2.C10H15N3O2.C10H15N3O.2C10H16N2O2/c1-8(2)4-5-10(16)15-9-6-13-11(12-3)14-7-9;1-8(2)4-5-10(15)13-9-6-12-7-11(14-9)16-3;1-8(2)4-5-9(15)13-11-12-7-6-10(14-11)16-3;1-8(2)5-6-10(14)13-7-3-4-9(13)11(12)15;1-9(2)4-5-10(13)12-8-11(14)6-3-7-11;1-7(2)3-4-8(14)12-10-11-6-5-9(15)13-10;1-8(2)3-4-10(14)13-9-5-11-7-12-6-9;1-8(2)3-4-10(13)12-6-9-5-11-7-14-9;1-8(2)3-4-9(13)12-7-10-11-5-6-14-10/h6-8H,4-5H2,1-2H3,(H,15,16);6-8H,4-5H2,1-3H3,(H,13,14,15);6-8H,4-5H2,1-3H3,(H,12,13,14,15);8-9H,3-7H2,1-2H3,(H2,12,15);9,14H,3-8H2,1-2H3,(H,12,13);5-7H,3-4H2,1-2H3,(H2,11,12,13,14,15);5-8H,3-4H2,1-2H3,(H,13,14);5,7-8H,3-4,6H2,1-2H3,(H,12,13);5-6,8H,3-4,7H2,1-2H3,(H,12,13). The van der Waals surface area contributed by atoms with E-state index in [-0.39, 0.29) is 88.5 Å². The van der Waals surface area contributed by atoms with Gasteiger partial charge in [-0.1, -0.05) is 125 Å². The molecule has 2 aliphatic rings. The number of nitrogens with one attached hydrogen (secondary N) is 9. The van der Waals surface area contributed by atoms with Gasteiger partial charge in [0.1, 0.15) is 42.5 Å². The highest BCUT2D eigenvalue weighted by Crippen LogP contribution is 2.31. The molecule has 1 saturated heterocycles. The van der Waals surface area contributed by atoms with Gasteiger partial charge in [-0.25, -0.2) is 29.9 Å². The molecule has 1 unspecified atom stereocenters. The number of aliphatic hydroxyl groups is 1. The first-order chi connectivity index (χ1) is 63.5.